The molecule has 2 aromatic carbocycles. The molecule has 0 unspecified atom stereocenters. The van der Waals surface area contributed by atoms with E-state index in [0.29, 0.717) is 37.3 Å². The molecule has 11 heteroatoms. The van der Waals surface area contributed by atoms with Gasteiger partial charge in [0.1, 0.15) is 5.75 Å². The maximum absolute atomic E-state index is 14.2. The van der Waals surface area contributed by atoms with Crippen LogP contribution >= 0.6 is 40.7 Å². The number of ether oxygens (including phenoxy) is 1. The quantitative estimate of drug-likeness (QED) is 0.554. The van der Waals surface area contributed by atoms with E-state index in [1.54, 1.807) is 6.07 Å². The van der Waals surface area contributed by atoms with E-state index in [0.717, 1.165) is 0 Å². The smallest absolute Gasteiger partial charge is 0.505 e. The van der Waals surface area contributed by atoms with Crippen molar-refractivity contribution in [1.82, 2.24) is 10.2 Å². The highest BCUT2D eigenvalue weighted by Gasteiger charge is 2.32. The number of hydrogen-bond donors (Lipinski definition) is 2. The van der Waals surface area contributed by atoms with Crippen LogP contribution in [0.3, 0.4) is 0 Å². The van der Waals surface area contributed by atoms with Gasteiger partial charge in [0, 0.05) is 31.7 Å². The van der Waals surface area contributed by atoms with Gasteiger partial charge in [-0.25, -0.2) is 4.39 Å². The van der Waals surface area contributed by atoms with Crippen LogP contribution in [-0.4, -0.2) is 42.5 Å². The second kappa shape index (κ2) is 10.7. The SMILES string of the molecule is Cl.Cl.Oc1c([C@H](c2ccc(OC(F)(F)F)cc2)N2CCNCC2)ccc(Br)c1F. The third kappa shape index (κ3) is 6.36. The van der Waals surface area contributed by atoms with E-state index in [4.69, 9.17) is 0 Å². The normalized spacial score (nSPS) is 15.8. The minimum absolute atomic E-state index is 0. The predicted molar refractivity (Wildman–Crippen MR) is 110 cm³/mol. The van der Waals surface area contributed by atoms with Gasteiger partial charge in [0.15, 0.2) is 11.6 Å². The van der Waals surface area contributed by atoms with Crippen LogP contribution in [-0.2, 0) is 0 Å². The number of nitrogens with one attached hydrogen (secondary N) is 1. The van der Waals surface area contributed by atoms with Crippen LogP contribution in [0.1, 0.15) is 17.2 Å². The van der Waals surface area contributed by atoms with Gasteiger partial charge in [0.05, 0.1) is 10.5 Å². The number of alkyl halides is 3. The fourth-order valence-corrected chi connectivity index (χ4v) is 3.47. The van der Waals surface area contributed by atoms with E-state index in [2.05, 4.69) is 26.0 Å². The summed E-state index contributed by atoms with van der Waals surface area (Å²) in [6.45, 7) is 2.71. The standard InChI is InChI=1S/C18H17BrF4N2O2.2ClH/c19-14-6-5-13(17(26)15(14)20)16(25-9-7-24-8-10-25)11-1-3-12(4-2-11)27-18(21,22)23;;/h1-6,16,24,26H,7-10H2;2*1H/t16-;;/m0../s1. The Labute approximate surface area is 186 Å². The lowest BCUT2D eigenvalue weighted by molar-refractivity contribution is -0.274. The van der Waals surface area contributed by atoms with Crippen molar-refractivity contribution in [1.29, 1.82) is 0 Å². The summed E-state index contributed by atoms with van der Waals surface area (Å²) >= 11 is 3.04. The molecule has 0 radical (unpaired) electrons. The average Bonchev–Trinajstić information content (AvgIpc) is 2.63. The molecule has 1 saturated heterocycles. The van der Waals surface area contributed by atoms with E-state index >= 15 is 0 Å². The Bertz CT molecular complexity index is 804. The lowest BCUT2D eigenvalue weighted by Crippen LogP contribution is -2.45. The van der Waals surface area contributed by atoms with Crippen LogP contribution in [0, 0.1) is 5.82 Å². The van der Waals surface area contributed by atoms with Gasteiger partial charge in [-0.1, -0.05) is 18.2 Å². The molecule has 29 heavy (non-hydrogen) atoms. The Morgan fingerprint density at radius 3 is 2.17 bits per heavy atom. The minimum atomic E-state index is -4.77. The molecule has 1 aliphatic heterocycles. The van der Waals surface area contributed by atoms with Crippen molar-refractivity contribution < 1.29 is 27.4 Å². The van der Waals surface area contributed by atoms with E-state index in [1.807, 2.05) is 4.90 Å². The number of phenols is 1. The van der Waals surface area contributed by atoms with Crippen LogP contribution in [0.15, 0.2) is 40.9 Å². The van der Waals surface area contributed by atoms with Gasteiger partial charge < -0.3 is 15.2 Å². The lowest BCUT2D eigenvalue weighted by atomic mass is 9.95. The molecule has 0 aliphatic carbocycles. The number of piperazine rings is 1. The Morgan fingerprint density at radius 1 is 1.03 bits per heavy atom. The first-order chi connectivity index (χ1) is 12.8. The first-order valence-corrected chi connectivity index (χ1v) is 9.03. The third-order valence-electron chi connectivity index (χ3n) is 4.34. The van der Waals surface area contributed by atoms with Crippen molar-refractivity contribution in [2.24, 2.45) is 0 Å². The Balaban J connectivity index is 0.00000210. The van der Waals surface area contributed by atoms with E-state index in [9.17, 15) is 22.7 Å². The molecule has 0 saturated carbocycles. The molecule has 4 nitrogen and oxygen atoms in total. The fourth-order valence-electron chi connectivity index (χ4n) is 3.15. The molecule has 1 atom stereocenters. The zero-order valence-corrected chi connectivity index (χ0v) is 18.1. The molecule has 0 amide bonds. The van der Waals surface area contributed by atoms with Crippen LogP contribution in [0.2, 0.25) is 0 Å². The van der Waals surface area contributed by atoms with Crippen molar-refractivity contribution in [2.75, 3.05) is 26.2 Å². The first-order valence-electron chi connectivity index (χ1n) is 8.23. The average molecular weight is 522 g/mol. The van der Waals surface area contributed by atoms with Crippen molar-refractivity contribution in [2.45, 2.75) is 12.4 Å². The molecule has 2 aromatic rings. The summed E-state index contributed by atoms with van der Waals surface area (Å²) in [5.74, 6) is -1.59. The molecule has 0 bridgehead atoms. The largest absolute Gasteiger partial charge is 0.573 e. The summed E-state index contributed by atoms with van der Waals surface area (Å²) < 4.78 is 55.4. The van der Waals surface area contributed by atoms with Gasteiger partial charge in [-0.15, -0.1) is 38.0 Å². The summed E-state index contributed by atoms with van der Waals surface area (Å²) in [4.78, 5) is 2.04. The Morgan fingerprint density at radius 2 is 1.62 bits per heavy atom. The van der Waals surface area contributed by atoms with Gasteiger partial charge in [0.25, 0.3) is 0 Å². The molecule has 0 aromatic heterocycles. The molecule has 0 spiro atoms. The number of benzene rings is 2. The molecule has 1 fully saturated rings. The van der Waals surface area contributed by atoms with Crippen LogP contribution in [0.5, 0.6) is 11.5 Å². The molecule has 162 valence electrons. The lowest BCUT2D eigenvalue weighted by Gasteiger charge is -2.36. The maximum Gasteiger partial charge on any atom is 0.573 e. The highest BCUT2D eigenvalue weighted by atomic mass is 79.9. The maximum atomic E-state index is 14.2. The molecular weight excluding hydrogens is 503 g/mol. The van der Waals surface area contributed by atoms with E-state index < -0.39 is 24.0 Å². The number of hydrogen-bond acceptors (Lipinski definition) is 4. The monoisotopic (exact) mass is 520 g/mol. The van der Waals surface area contributed by atoms with E-state index in [-0.39, 0.29) is 35.0 Å². The number of aromatic hydroxyl groups is 1. The minimum Gasteiger partial charge on any atom is -0.505 e. The highest BCUT2D eigenvalue weighted by molar-refractivity contribution is 9.10. The molecule has 3 rings (SSSR count). The molecule has 1 heterocycles. The molecule has 1 aliphatic rings. The van der Waals surface area contributed by atoms with Crippen LogP contribution in [0.4, 0.5) is 17.6 Å². The number of rotatable bonds is 4. The topological polar surface area (TPSA) is 44.7 Å². The fraction of sp³-hybridized carbons (Fsp3) is 0.333. The van der Waals surface area contributed by atoms with Crippen molar-refractivity contribution in [3.05, 3.63) is 57.8 Å². The number of nitrogens with zero attached hydrogens (tertiary/aromatic N) is 1. The Kier molecular flexibility index (Phi) is 9.49. The van der Waals surface area contributed by atoms with Gasteiger partial charge in [0.2, 0.25) is 0 Å². The van der Waals surface area contributed by atoms with Gasteiger partial charge in [-0.3, -0.25) is 4.90 Å². The summed E-state index contributed by atoms with van der Waals surface area (Å²) in [5, 5.41) is 13.5. The second-order valence-corrected chi connectivity index (χ2v) is 6.96. The zero-order valence-electron chi connectivity index (χ0n) is 14.9. The number of halogens is 7. The predicted octanol–water partition coefficient (Wildman–Crippen LogP) is 5.03. The first kappa shape index (κ1) is 25.8. The summed E-state index contributed by atoms with van der Waals surface area (Å²) in [5.41, 5.74) is 0.977. The van der Waals surface area contributed by atoms with Crippen molar-refractivity contribution >= 4 is 40.7 Å². The van der Waals surface area contributed by atoms with Crippen LogP contribution < -0.4 is 10.1 Å². The van der Waals surface area contributed by atoms with Crippen LogP contribution in [0.25, 0.3) is 0 Å². The molecule has 2 N–H and O–H groups in total. The van der Waals surface area contributed by atoms with Gasteiger partial charge in [-0.2, -0.15) is 0 Å². The van der Waals surface area contributed by atoms with Crippen molar-refractivity contribution in [3.63, 3.8) is 0 Å². The molecular formula is C18H19BrCl2F4N2O2. The highest BCUT2D eigenvalue weighted by Crippen LogP contribution is 2.38. The zero-order chi connectivity index (χ0) is 19.6. The van der Waals surface area contributed by atoms with Gasteiger partial charge in [-0.05, 0) is 39.7 Å². The van der Waals surface area contributed by atoms with Gasteiger partial charge >= 0.3 is 6.36 Å². The second-order valence-electron chi connectivity index (χ2n) is 6.10. The summed E-state index contributed by atoms with van der Waals surface area (Å²) in [7, 11) is 0. The third-order valence-corrected chi connectivity index (χ3v) is 4.95. The Hall–Kier alpha value is -1.26. The number of phenolic OH excluding ortho intramolecular Hbond substituents is 1. The summed E-state index contributed by atoms with van der Waals surface area (Å²) in [6.07, 6.45) is -4.77. The van der Waals surface area contributed by atoms with E-state index in [1.165, 1.54) is 30.3 Å². The summed E-state index contributed by atoms with van der Waals surface area (Å²) in [6, 6.07) is 8.01. The van der Waals surface area contributed by atoms with Crippen molar-refractivity contribution in [3.8, 4) is 11.5 Å².